The summed E-state index contributed by atoms with van der Waals surface area (Å²) in [6.07, 6.45) is 4.04. The summed E-state index contributed by atoms with van der Waals surface area (Å²) in [7, 11) is 0. The lowest BCUT2D eigenvalue weighted by Crippen LogP contribution is -2.31. The van der Waals surface area contributed by atoms with E-state index in [1.54, 1.807) is 0 Å². The highest BCUT2D eigenvalue weighted by Crippen LogP contribution is 2.27. The predicted octanol–water partition coefficient (Wildman–Crippen LogP) is 3.26. The van der Waals surface area contributed by atoms with E-state index in [-0.39, 0.29) is 18.1 Å². The molecule has 1 amide bonds. The molecule has 1 aromatic rings. The lowest BCUT2D eigenvalue weighted by Gasteiger charge is -2.24. The smallest absolute Gasteiger partial charge is 0.241 e. The molecule has 1 fully saturated rings. The van der Waals surface area contributed by atoms with Crippen molar-refractivity contribution in [1.29, 1.82) is 0 Å². The molecule has 2 atom stereocenters. The fourth-order valence-corrected chi connectivity index (χ4v) is 2.87. The number of hydrogen-bond acceptors (Lipinski definition) is 2. The molecule has 3 nitrogen and oxygen atoms in total. The number of rotatable bonds is 6. The Kier molecular flexibility index (Phi) is 5.18. The van der Waals surface area contributed by atoms with Crippen LogP contribution in [-0.4, -0.2) is 23.4 Å². The van der Waals surface area contributed by atoms with E-state index >= 15 is 0 Å². The van der Waals surface area contributed by atoms with Gasteiger partial charge in [0.25, 0.3) is 0 Å². The summed E-state index contributed by atoms with van der Waals surface area (Å²) < 4.78 is 0. The van der Waals surface area contributed by atoms with Crippen LogP contribution in [0.2, 0.25) is 0 Å². The molecule has 2 rings (SSSR count). The van der Waals surface area contributed by atoms with Gasteiger partial charge in [-0.2, -0.15) is 0 Å². The van der Waals surface area contributed by atoms with E-state index in [2.05, 4.69) is 50.4 Å². The highest BCUT2D eigenvalue weighted by atomic mass is 16.2. The van der Waals surface area contributed by atoms with E-state index in [4.69, 9.17) is 0 Å². The van der Waals surface area contributed by atoms with Gasteiger partial charge in [-0.1, -0.05) is 51.5 Å². The summed E-state index contributed by atoms with van der Waals surface area (Å²) in [5.74, 6) is 0.262. The van der Waals surface area contributed by atoms with Crippen molar-refractivity contribution in [3.63, 3.8) is 0 Å². The Bertz CT molecular complexity index is 441. The van der Waals surface area contributed by atoms with Crippen molar-refractivity contribution in [3.05, 3.63) is 35.4 Å². The van der Waals surface area contributed by atoms with Crippen molar-refractivity contribution in [2.75, 3.05) is 6.54 Å². The predicted molar refractivity (Wildman–Crippen MR) is 82.4 cm³/mol. The van der Waals surface area contributed by atoms with Gasteiger partial charge in [-0.3, -0.25) is 10.1 Å². The van der Waals surface area contributed by atoms with Crippen LogP contribution in [0.25, 0.3) is 0 Å². The van der Waals surface area contributed by atoms with Crippen LogP contribution in [0.4, 0.5) is 0 Å². The number of nitrogens with one attached hydrogen (secondary N) is 1. The molecule has 0 aliphatic carbocycles. The van der Waals surface area contributed by atoms with Gasteiger partial charge >= 0.3 is 0 Å². The van der Waals surface area contributed by atoms with Crippen LogP contribution in [0.1, 0.15) is 57.3 Å². The first-order valence-corrected chi connectivity index (χ1v) is 7.86. The van der Waals surface area contributed by atoms with Gasteiger partial charge in [0.1, 0.15) is 6.17 Å². The minimum absolute atomic E-state index is 0.0117. The number of hydrogen-bond donors (Lipinski definition) is 1. The summed E-state index contributed by atoms with van der Waals surface area (Å²) in [5.41, 5.74) is 2.54. The maximum Gasteiger partial charge on any atom is 0.241 e. The molecule has 1 aromatic carbocycles. The van der Waals surface area contributed by atoms with Crippen molar-refractivity contribution in [3.8, 4) is 0 Å². The van der Waals surface area contributed by atoms with Crippen LogP contribution in [0.15, 0.2) is 24.3 Å². The Morgan fingerprint density at radius 2 is 1.80 bits per heavy atom. The third-order valence-corrected chi connectivity index (χ3v) is 4.00. The maximum absolute atomic E-state index is 12.5. The lowest BCUT2D eigenvalue weighted by atomic mass is 10.1. The molecule has 0 radical (unpaired) electrons. The molecule has 1 saturated heterocycles. The fourth-order valence-electron chi connectivity index (χ4n) is 2.87. The zero-order valence-electron chi connectivity index (χ0n) is 12.9. The average molecular weight is 274 g/mol. The minimum atomic E-state index is -0.0117. The molecule has 1 aliphatic heterocycles. The molecule has 1 aliphatic rings. The number of carbonyl (C=O) groups excluding carboxylic acids is 1. The second-order valence-corrected chi connectivity index (χ2v) is 5.54. The van der Waals surface area contributed by atoms with Crippen LogP contribution in [-0.2, 0) is 11.2 Å². The quantitative estimate of drug-likeness (QED) is 0.863. The van der Waals surface area contributed by atoms with E-state index in [0.29, 0.717) is 0 Å². The van der Waals surface area contributed by atoms with Gasteiger partial charge in [-0.25, -0.2) is 0 Å². The van der Waals surface area contributed by atoms with E-state index in [9.17, 15) is 4.79 Å². The Morgan fingerprint density at radius 1 is 1.10 bits per heavy atom. The zero-order valence-corrected chi connectivity index (χ0v) is 12.9. The first-order valence-electron chi connectivity index (χ1n) is 7.86. The van der Waals surface area contributed by atoms with Gasteiger partial charge in [0.2, 0.25) is 5.91 Å². The summed E-state index contributed by atoms with van der Waals surface area (Å²) in [4.78, 5) is 14.5. The number of nitrogens with zero attached hydrogens (tertiary/aromatic N) is 1. The molecule has 20 heavy (non-hydrogen) atoms. The van der Waals surface area contributed by atoms with E-state index in [1.165, 1.54) is 11.1 Å². The van der Waals surface area contributed by atoms with Gasteiger partial charge in [-0.05, 0) is 30.4 Å². The van der Waals surface area contributed by atoms with Crippen molar-refractivity contribution in [2.45, 2.75) is 58.7 Å². The van der Waals surface area contributed by atoms with Gasteiger partial charge in [0.15, 0.2) is 0 Å². The molecular weight excluding hydrogens is 248 g/mol. The number of amides is 1. The second-order valence-electron chi connectivity index (χ2n) is 5.54. The first-order chi connectivity index (χ1) is 9.71. The first kappa shape index (κ1) is 15.0. The zero-order chi connectivity index (χ0) is 14.5. The Balaban J connectivity index is 2.20. The molecule has 0 aromatic heterocycles. The van der Waals surface area contributed by atoms with E-state index < -0.39 is 0 Å². The Morgan fingerprint density at radius 3 is 2.35 bits per heavy atom. The van der Waals surface area contributed by atoms with E-state index in [1.807, 2.05) is 4.90 Å². The minimum Gasteiger partial charge on any atom is -0.322 e. The van der Waals surface area contributed by atoms with Crippen LogP contribution in [0, 0.1) is 0 Å². The molecule has 0 spiro atoms. The van der Waals surface area contributed by atoms with Crippen LogP contribution in [0.3, 0.4) is 0 Å². The maximum atomic E-state index is 12.5. The fraction of sp³-hybridized carbons (Fsp3) is 0.588. The molecule has 1 N–H and O–H groups in total. The molecule has 0 saturated carbocycles. The molecule has 0 bridgehead atoms. The van der Waals surface area contributed by atoms with Gasteiger partial charge in [0, 0.05) is 6.54 Å². The SMILES string of the molecule is CCCC1NC(c2ccc(CC)cc2)N(CCC)C1=O. The standard InChI is InChI=1S/C17H26N2O/c1-4-7-15-17(20)19(12-5-2)16(18-15)14-10-8-13(6-3)9-11-14/h8-11,15-16,18H,4-7,12H2,1-3H3. The number of carbonyl (C=O) groups is 1. The van der Waals surface area contributed by atoms with E-state index in [0.717, 1.165) is 32.2 Å². The largest absolute Gasteiger partial charge is 0.322 e. The lowest BCUT2D eigenvalue weighted by molar-refractivity contribution is -0.130. The Labute approximate surface area is 122 Å². The van der Waals surface area contributed by atoms with Crippen molar-refractivity contribution >= 4 is 5.91 Å². The third-order valence-electron chi connectivity index (χ3n) is 4.00. The monoisotopic (exact) mass is 274 g/mol. The van der Waals surface area contributed by atoms with Crippen LogP contribution < -0.4 is 5.32 Å². The highest BCUT2D eigenvalue weighted by Gasteiger charge is 2.38. The van der Waals surface area contributed by atoms with Crippen molar-refractivity contribution < 1.29 is 4.79 Å². The normalized spacial score (nSPS) is 22.6. The molecule has 2 unspecified atom stereocenters. The average Bonchev–Trinajstić information content (AvgIpc) is 2.78. The molecule has 110 valence electrons. The molecule has 1 heterocycles. The van der Waals surface area contributed by atoms with Gasteiger partial charge in [0.05, 0.1) is 6.04 Å². The number of aryl methyl sites for hydroxylation is 1. The van der Waals surface area contributed by atoms with Crippen LogP contribution >= 0.6 is 0 Å². The second kappa shape index (κ2) is 6.89. The topological polar surface area (TPSA) is 32.3 Å². The summed E-state index contributed by atoms with van der Waals surface area (Å²) in [5, 5.41) is 3.51. The van der Waals surface area contributed by atoms with Crippen molar-refractivity contribution in [2.24, 2.45) is 0 Å². The summed E-state index contributed by atoms with van der Waals surface area (Å²) in [6, 6.07) is 8.63. The van der Waals surface area contributed by atoms with Gasteiger partial charge in [-0.15, -0.1) is 0 Å². The van der Waals surface area contributed by atoms with Gasteiger partial charge < -0.3 is 4.90 Å². The number of benzene rings is 1. The summed E-state index contributed by atoms with van der Waals surface area (Å²) in [6.45, 7) is 7.24. The van der Waals surface area contributed by atoms with Crippen molar-refractivity contribution in [1.82, 2.24) is 10.2 Å². The summed E-state index contributed by atoms with van der Waals surface area (Å²) >= 11 is 0. The Hall–Kier alpha value is -1.35. The van der Waals surface area contributed by atoms with Crippen LogP contribution in [0.5, 0.6) is 0 Å². The third kappa shape index (κ3) is 3.04. The molecular formula is C17H26N2O. The molecule has 3 heteroatoms. The highest BCUT2D eigenvalue weighted by molar-refractivity contribution is 5.84.